The lowest BCUT2D eigenvalue weighted by Gasteiger charge is -2.04. The first-order chi connectivity index (χ1) is 11.1. The van der Waals surface area contributed by atoms with Crippen LogP contribution in [0, 0.1) is 5.92 Å². The largest absolute Gasteiger partial charge is 0.347 e. The number of benzene rings is 1. The number of hydrogen-bond donors (Lipinski definition) is 1. The number of hydrogen-bond acceptors (Lipinski definition) is 3. The summed E-state index contributed by atoms with van der Waals surface area (Å²) < 4.78 is 3.48. The van der Waals surface area contributed by atoms with E-state index in [0.29, 0.717) is 11.6 Å². The molecule has 0 aliphatic heterocycles. The van der Waals surface area contributed by atoms with Crippen molar-refractivity contribution in [2.24, 2.45) is 5.92 Å². The lowest BCUT2D eigenvalue weighted by atomic mass is 10.0. The summed E-state index contributed by atoms with van der Waals surface area (Å²) in [5, 5.41) is 13.0. The molecule has 6 nitrogen and oxygen atoms in total. The Kier molecular flexibility index (Phi) is 3.04. The second-order valence-electron chi connectivity index (χ2n) is 6.19. The first kappa shape index (κ1) is 13.8. The van der Waals surface area contributed by atoms with E-state index in [1.54, 1.807) is 6.20 Å². The molecule has 0 aliphatic carbocycles. The number of rotatable bonds is 3. The number of nitrogens with zero attached hydrogens (tertiary/aromatic N) is 4. The standard InChI is InChI=1S/C17H17N5O/c1-11(2)9-21-10-14(8-18-21)13-4-3-12-5-6-22-16(15(12)7-13)19-20-17(22)23/h3-8,10-11H,9H2,1-2H3,(H,20,23). The van der Waals surface area contributed by atoms with Crippen LogP contribution in [-0.2, 0) is 6.54 Å². The van der Waals surface area contributed by atoms with E-state index in [0.717, 1.165) is 28.4 Å². The lowest BCUT2D eigenvalue weighted by Crippen LogP contribution is -2.08. The average Bonchev–Trinajstić information content (AvgIpc) is 3.13. The van der Waals surface area contributed by atoms with Gasteiger partial charge in [-0.2, -0.15) is 10.2 Å². The van der Waals surface area contributed by atoms with Crippen molar-refractivity contribution in [3.63, 3.8) is 0 Å². The SMILES string of the molecule is CC(C)Cn1cc(-c2ccc3ccn4c(=O)[nH]nc4c3c2)cn1. The molecule has 3 heterocycles. The highest BCUT2D eigenvalue weighted by Crippen LogP contribution is 2.26. The minimum absolute atomic E-state index is 0.225. The van der Waals surface area contributed by atoms with Crippen molar-refractivity contribution in [3.05, 3.63) is 53.3 Å². The van der Waals surface area contributed by atoms with Gasteiger partial charge < -0.3 is 0 Å². The maximum Gasteiger partial charge on any atom is 0.347 e. The molecule has 0 bridgehead atoms. The van der Waals surface area contributed by atoms with E-state index < -0.39 is 0 Å². The Morgan fingerprint density at radius 2 is 2.09 bits per heavy atom. The summed E-state index contributed by atoms with van der Waals surface area (Å²) >= 11 is 0. The molecule has 0 amide bonds. The molecule has 0 saturated heterocycles. The van der Waals surface area contributed by atoms with Crippen molar-refractivity contribution in [2.45, 2.75) is 20.4 Å². The van der Waals surface area contributed by atoms with Gasteiger partial charge in [0.25, 0.3) is 0 Å². The van der Waals surface area contributed by atoms with Gasteiger partial charge in [-0.15, -0.1) is 0 Å². The summed E-state index contributed by atoms with van der Waals surface area (Å²) in [5.74, 6) is 0.551. The number of aromatic nitrogens is 5. The Morgan fingerprint density at radius 1 is 1.22 bits per heavy atom. The van der Waals surface area contributed by atoms with Crippen molar-refractivity contribution < 1.29 is 0 Å². The predicted molar refractivity (Wildman–Crippen MR) is 89.4 cm³/mol. The van der Waals surface area contributed by atoms with E-state index >= 15 is 0 Å². The van der Waals surface area contributed by atoms with Gasteiger partial charge >= 0.3 is 5.69 Å². The van der Waals surface area contributed by atoms with Crippen LogP contribution < -0.4 is 5.69 Å². The maximum atomic E-state index is 11.7. The number of pyridine rings is 1. The second-order valence-corrected chi connectivity index (χ2v) is 6.19. The molecule has 23 heavy (non-hydrogen) atoms. The van der Waals surface area contributed by atoms with E-state index in [1.165, 1.54) is 4.40 Å². The van der Waals surface area contributed by atoms with Crippen LogP contribution in [0.4, 0.5) is 0 Å². The zero-order valence-corrected chi connectivity index (χ0v) is 13.0. The van der Waals surface area contributed by atoms with Gasteiger partial charge in [-0.3, -0.25) is 4.68 Å². The fourth-order valence-electron chi connectivity index (χ4n) is 2.85. The summed E-state index contributed by atoms with van der Waals surface area (Å²) in [4.78, 5) is 11.7. The van der Waals surface area contributed by atoms with Gasteiger partial charge in [-0.25, -0.2) is 14.3 Å². The zero-order chi connectivity index (χ0) is 16.0. The molecule has 3 aromatic heterocycles. The molecule has 1 N–H and O–H groups in total. The molecule has 0 unspecified atom stereocenters. The van der Waals surface area contributed by atoms with Crippen LogP contribution in [-0.4, -0.2) is 24.4 Å². The van der Waals surface area contributed by atoms with Crippen LogP contribution in [0.3, 0.4) is 0 Å². The quantitative estimate of drug-likeness (QED) is 0.633. The fraction of sp³-hybridized carbons (Fsp3) is 0.235. The average molecular weight is 307 g/mol. The summed E-state index contributed by atoms with van der Waals surface area (Å²) in [5.41, 5.74) is 2.55. The van der Waals surface area contributed by atoms with Gasteiger partial charge in [0.05, 0.1) is 6.20 Å². The topological polar surface area (TPSA) is 68.0 Å². The normalized spacial score (nSPS) is 11.8. The first-order valence-electron chi connectivity index (χ1n) is 7.64. The molecule has 0 fully saturated rings. The van der Waals surface area contributed by atoms with E-state index in [2.05, 4.69) is 47.5 Å². The summed E-state index contributed by atoms with van der Waals surface area (Å²) in [6.07, 6.45) is 5.67. The highest BCUT2D eigenvalue weighted by atomic mass is 16.1. The van der Waals surface area contributed by atoms with Crippen molar-refractivity contribution in [2.75, 3.05) is 0 Å². The van der Waals surface area contributed by atoms with E-state index in [1.807, 2.05) is 23.0 Å². The van der Waals surface area contributed by atoms with Crippen LogP contribution in [0.5, 0.6) is 0 Å². The predicted octanol–water partition coefficient (Wildman–Crippen LogP) is 2.70. The molecule has 0 saturated carbocycles. The van der Waals surface area contributed by atoms with Gasteiger partial charge in [-0.05, 0) is 29.0 Å². The molecule has 6 heteroatoms. The number of aromatic amines is 1. The number of nitrogens with one attached hydrogen (secondary N) is 1. The Hall–Kier alpha value is -2.89. The Morgan fingerprint density at radius 3 is 2.91 bits per heavy atom. The lowest BCUT2D eigenvalue weighted by molar-refractivity contribution is 0.483. The van der Waals surface area contributed by atoms with Gasteiger partial charge in [0.15, 0.2) is 5.65 Å². The zero-order valence-electron chi connectivity index (χ0n) is 13.0. The molecule has 0 aliphatic rings. The first-order valence-corrected chi connectivity index (χ1v) is 7.64. The van der Waals surface area contributed by atoms with Crippen LogP contribution in [0.2, 0.25) is 0 Å². The highest BCUT2D eigenvalue weighted by Gasteiger charge is 2.08. The van der Waals surface area contributed by atoms with Crippen molar-refractivity contribution in [1.29, 1.82) is 0 Å². The third-order valence-corrected chi connectivity index (χ3v) is 3.92. The van der Waals surface area contributed by atoms with E-state index in [9.17, 15) is 4.79 Å². The molecular formula is C17H17N5O. The summed E-state index contributed by atoms with van der Waals surface area (Å²) in [6.45, 7) is 5.24. The van der Waals surface area contributed by atoms with Crippen LogP contribution >= 0.6 is 0 Å². The smallest absolute Gasteiger partial charge is 0.272 e. The van der Waals surface area contributed by atoms with Gasteiger partial charge in [-0.1, -0.05) is 26.0 Å². The summed E-state index contributed by atoms with van der Waals surface area (Å²) in [6, 6.07) is 8.09. The van der Waals surface area contributed by atoms with Crippen molar-refractivity contribution in [1.82, 2.24) is 24.4 Å². The molecular weight excluding hydrogens is 290 g/mol. The molecule has 4 rings (SSSR count). The molecule has 0 radical (unpaired) electrons. The Bertz CT molecular complexity index is 1050. The molecule has 116 valence electrons. The van der Waals surface area contributed by atoms with Crippen molar-refractivity contribution >= 4 is 16.4 Å². The monoisotopic (exact) mass is 307 g/mol. The molecule has 4 aromatic rings. The highest BCUT2D eigenvalue weighted by molar-refractivity contribution is 5.96. The molecule has 0 atom stereocenters. The van der Waals surface area contributed by atoms with E-state index in [4.69, 9.17) is 0 Å². The number of fused-ring (bicyclic) bond motifs is 3. The van der Waals surface area contributed by atoms with Gasteiger partial charge in [0.2, 0.25) is 0 Å². The van der Waals surface area contributed by atoms with Crippen LogP contribution in [0.1, 0.15) is 13.8 Å². The Balaban J connectivity index is 1.86. The molecule has 0 spiro atoms. The van der Waals surface area contributed by atoms with Gasteiger partial charge in [0, 0.05) is 29.9 Å². The molecule has 1 aromatic carbocycles. The van der Waals surface area contributed by atoms with Crippen molar-refractivity contribution in [3.8, 4) is 11.1 Å². The minimum atomic E-state index is -0.225. The summed E-state index contributed by atoms with van der Waals surface area (Å²) in [7, 11) is 0. The van der Waals surface area contributed by atoms with Crippen LogP contribution in [0.25, 0.3) is 27.5 Å². The van der Waals surface area contributed by atoms with E-state index in [-0.39, 0.29) is 5.69 Å². The maximum absolute atomic E-state index is 11.7. The Labute approximate surface area is 132 Å². The van der Waals surface area contributed by atoms with Gasteiger partial charge in [0.1, 0.15) is 0 Å². The third kappa shape index (κ3) is 2.32. The van der Waals surface area contributed by atoms with Crippen LogP contribution in [0.15, 0.2) is 47.7 Å². The minimum Gasteiger partial charge on any atom is -0.272 e. The fourth-order valence-corrected chi connectivity index (χ4v) is 2.85. The third-order valence-electron chi connectivity index (χ3n) is 3.92. The second kappa shape index (κ2) is 5.08. The number of H-pyrrole nitrogens is 1.